The molecule has 1 saturated heterocycles. The fourth-order valence-corrected chi connectivity index (χ4v) is 6.00. The van der Waals surface area contributed by atoms with Gasteiger partial charge < -0.3 is 8.92 Å². The smallest absolute Gasteiger partial charge is 0.339 e. The molecule has 1 aliphatic heterocycles. The number of halogens is 1. The van der Waals surface area contributed by atoms with Gasteiger partial charge in [-0.25, -0.2) is 0 Å². The van der Waals surface area contributed by atoms with Gasteiger partial charge in [-0.15, -0.1) is 0 Å². The number of nitrogens with zero attached hydrogens (tertiary/aromatic N) is 1. The molecular weight excluding hydrogens is 566 g/mol. The molecule has 1 heterocycles. The third kappa shape index (κ3) is 5.83. The molecule has 0 saturated carbocycles. The van der Waals surface area contributed by atoms with Crippen LogP contribution in [0.15, 0.2) is 81.0 Å². The zero-order chi connectivity index (χ0) is 25.9. The zero-order valence-corrected chi connectivity index (χ0v) is 22.7. The molecule has 186 valence electrons. The van der Waals surface area contributed by atoms with Crippen LogP contribution in [0.1, 0.15) is 23.6 Å². The minimum Gasteiger partial charge on any atom is -0.490 e. The van der Waals surface area contributed by atoms with Gasteiger partial charge in [-0.2, -0.15) is 8.42 Å². The van der Waals surface area contributed by atoms with Gasteiger partial charge in [0.1, 0.15) is 4.90 Å². The number of imide groups is 1. The van der Waals surface area contributed by atoms with E-state index < -0.39 is 16.0 Å². The molecular formula is C26H22BrNO6S2. The Hall–Kier alpha value is -3.08. The zero-order valence-electron chi connectivity index (χ0n) is 19.4. The van der Waals surface area contributed by atoms with Gasteiger partial charge in [-0.05, 0) is 83.0 Å². The summed E-state index contributed by atoms with van der Waals surface area (Å²) < 4.78 is 36.9. The molecule has 1 aliphatic rings. The lowest BCUT2D eigenvalue weighted by Gasteiger charge is -2.15. The van der Waals surface area contributed by atoms with Crippen LogP contribution in [0, 0.1) is 6.92 Å². The van der Waals surface area contributed by atoms with Crippen LogP contribution in [0.5, 0.6) is 11.5 Å². The number of carbonyl (C=O) groups is 2. The highest BCUT2D eigenvalue weighted by atomic mass is 79.9. The van der Waals surface area contributed by atoms with Crippen LogP contribution in [0.3, 0.4) is 0 Å². The minimum absolute atomic E-state index is 0.00529. The molecule has 10 heteroatoms. The Labute approximate surface area is 222 Å². The van der Waals surface area contributed by atoms with Gasteiger partial charge in [0.2, 0.25) is 0 Å². The molecule has 0 N–H and O–H groups in total. The van der Waals surface area contributed by atoms with Gasteiger partial charge in [0.15, 0.2) is 11.5 Å². The number of carbonyl (C=O) groups excluding carboxylic acids is 2. The van der Waals surface area contributed by atoms with Gasteiger partial charge in [0, 0.05) is 0 Å². The summed E-state index contributed by atoms with van der Waals surface area (Å²) in [7, 11) is -4.10. The maximum absolute atomic E-state index is 13.0. The summed E-state index contributed by atoms with van der Waals surface area (Å²) in [6.45, 7) is 4.14. The molecule has 0 aromatic heterocycles. The summed E-state index contributed by atoms with van der Waals surface area (Å²) in [5.41, 5.74) is 2.44. The Kier molecular flexibility index (Phi) is 7.87. The molecule has 1 fully saturated rings. The summed E-state index contributed by atoms with van der Waals surface area (Å²) in [5, 5.41) is -0.356. The van der Waals surface area contributed by atoms with Gasteiger partial charge in [-0.1, -0.05) is 48.0 Å². The second-order valence-corrected chi connectivity index (χ2v) is 11.3. The van der Waals surface area contributed by atoms with Gasteiger partial charge in [0.25, 0.3) is 11.1 Å². The van der Waals surface area contributed by atoms with E-state index in [1.165, 1.54) is 17.0 Å². The quantitative estimate of drug-likeness (QED) is 0.230. The molecule has 0 unspecified atom stereocenters. The Balaban J connectivity index is 1.62. The number of hydrogen-bond acceptors (Lipinski definition) is 7. The van der Waals surface area contributed by atoms with E-state index in [-0.39, 0.29) is 39.7 Å². The first kappa shape index (κ1) is 26.0. The van der Waals surface area contributed by atoms with Crippen LogP contribution < -0.4 is 8.92 Å². The SMILES string of the molecule is CCOc1cc(/C=C2\SC(=O)N(Cc3cccc(C)c3)C2=O)cc(Br)c1OS(=O)(=O)c1ccccc1. The predicted molar refractivity (Wildman–Crippen MR) is 142 cm³/mol. The number of benzene rings is 3. The van der Waals surface area contributed by atoms with Gasteiger partial charge in [0.05, 0.1) is 22.5 Å². The predicted octanol–water partition coefficient (Wildman–Crippen LogP) is 6.16. The van der Waals surface area contributed by atoms with Gasteiger partial charge in [-0.3, -0.25) is 14.5 Å². The topological polar surface area (TPSA) is 90.0 Å². The third-order valence-electron chi connectivity index (χ3n) is 5.15. The van der Waals surface area contributed by atoms with E-state index in [1.54, 1.807) is 43.3 Å². The summed E-state index contributed by atoms with van der Waals surface area (Å²) in [4.78, 5) is 27.0. The van der Waals surface area contributed by atoms with Crippen molar-refractivity contribution in [1.82, 2.24) is 4.90 Å². The van der Waals surface area contributed by atoms with Crippen molar-refractivity contribution in [2.45, 2.75) is 25.3 Å². The standard InChI is InChI=1S/C26H22BrNO6S2/c1-3-33-22-14-19(13-21(27)24(22)34-36(31,32)20-10-5-4-6-11-20)15-23-25(29)28(26(30)35-23)16-18-9-7-8-17(2)12-18/h4-15H,3,16H2,1-2H3/b23-15-. The van der Waals surface area contributed by atoms with Crippen LogP contribution in [-0.4, -0.2) is 31.1 Å². The number of hydrogen-bond donors (Lipinski definition) is 0. The minimum atomic E-state index is -4.10. The van der Waals surface area contributed by atoms with Gasteiger partial charge >= 0.3 is 10.1 Å². The maximum atomic E-state index is 13.0. The van der Waals surface area contributed by atoms with E-state index >= 15 is 0 Å². The number of amides is 2. The molecule has 7 nitrogen and oxygen atoms in total. The lowest BCUT2D eigenvalue weighted by Crippen LogP contribution is -2.27. The first-order chi connectivity index (χ1) is 17.2. The van der Waals surface area contributed by atoms with Crippen LogP contribution >= 0.6 is 27.7 Å². The Bertz CT molecular complexity index is 1450. The van der Waals surface area contributed by atoms with Crippen LogP contribution in [0.4, 0.5) is 4.79 Å². The molecule has 0 spiro atoms. The van der Waals surface area contributed by atoms with Crippen molar-refractivity contribution in [3.63, 3.8) is 0 Å². The van der Waals surface area contributed by atoms with E-state index in [4.69, 9.17) is 8.92 Å². The Morgan fingerprint density at radius 3 is 2.47 bits per heavy atom. The normalized spacial score (nSPS) is 15.0. The Morgan fingerprint density at radius 2 is 1.78 bits per heavy atom. The van der Waals surface area contributed by atoms with E-state index in [2.05, 4.69) is 15.9 Å². The van der Waals surface area contributed by atoms with E-state index in [1.807, 2.05) is 31.2 Å². The summed E-state index contributed by atoms with van der Waals surface area (Å²) in [6.07, 6.45) is 1.57. The van der Waals surface area contributed by atoms with Crippen molar-refractivity contribution in [2.24, 2.45) is 0 Å². The first-order valence-corrected chi connectivity index (χ1v) is 14.0. The summed E-state index contributed by atoms with van der Waals surface area (Å²) in [5.74, 6) is -0.227. The summed E-state index contributed by atoms with van der Waals surface area (Å²) in [6, 6.07) is 18.6. The fraction of sp³-hybridized carbons (Fsp3) is 0.154. The molecule has 0 bridgehead atoms. The van der Waals surface area contributed by atoms with E-state index in [9.17, 15) is 18.0 Å². The average molecular weight is 589 g/mol. The van der Waals surface area contributed by atoms with Crippen molar-refractivity contribution in [3.8, 4) is 11.5 Å². The largest absolute Gasteiger partial charge is 0.490 e. The van der Waals surface area contributed by atoms with Crippen molar-refractivity contribution >= 4 is 55.0 Å². The molecule has 36 heavy (non-hydrogen) atoms. The third-order valence-corrected chi connectivity index (χ3v) is 7.88. The second kappa shape index (κ2) is 10.9. The highest BCUT2D eigenvalue weighted by Gasteiger charge is 2.35. The molecule has 2 amide bonds. The monoisotopic (exact) mass is 587 g/mol. The lowest BCUT2D eigenvalue weighted by atomic mass is 10.1. The molecule has 4 rings (SSSR count). The molecule has 0 aliphatic carbocycles. The van der Waals surface area contributed by atoms with Crippen molar-refractivity contribution in [3.05, 3.63) is 92.8 Å². The van der Waals surface area contributed by atoms with Crippen LogP contribution in [0.25, 0.3) is 6.08 Å². The number of aryl methyl sites for hydroxylation is 1. The fourth-order valence-electron chi connectivity index (χ4n) is 3.54. The van der Waals surface area contributed by atoms with E-state index in [0.29, 0.717) is 10.0 Å². The maximum Gasteiger partial charge on any atom is 0.339 e. The van der Waals surface area contributed by atoms with Crippen LogP contribution in [-0.2, 0) is 21.5 Å². The Morgan fingerprint density at radius 1 is 1.03 bits per heavy atom. The average Bonchev–Trinajstić information content (AvgIpc) is 3.09. The number of thioether (sulfide) groups is 1. The van der Waals surface area contributed by atoms with E-state index in [0.717, 1.165) is 22.9 Å². The highest BCUT2D eigenvalue weighted by Crippen LogP contribution is 2.40. The van der Waals surface area contributed by atoms with Crippen molar-refractivity contribution in [2.75, 3.05) is 6.61 Å². The molecule has 3 aromatic carbocycles. The van der Waals surface area contributed by atoms with Crippen molar-refractivity contribution in [1.29, 1.82) is 0 Å². The molecule has 3 aromatic rings. The first-order valence-electron chi connectivity index (χ1n) is 10.9. The van der Waals surface area contributed by atoms with Crippen molar-refractivity contribution < 1.29 is 26.9 Å². The lowest BCUT2D eigenvalue weighted by molar-refractivity contribution is -0.123. The molecule has 0 atom stereocenters. The molecule has 0 radical (unpaired) electrons. The number of ether oxygens (including phenoxy) is 1. The second-order valence-electron chi connectivity index (χ2n) is 7.87. The number of rotatable bonds is 8. The van der Waals surface area contributed by atoms with Crippen LogP contribution in [0.2, 0.25) is 0 Å². The summed E-state index contributed by atoms with van der Waals surface area (Å²) >= 11 is 4.22. The highest BCUT2D eigenvalue weighted by molar-refractivity contribution is 9.10.